The lowest BCUT2D eigenvalue weighted by molar-refractivity contribution is 0.459. The van der Waals surface area contributed by atoms with E-state index in [4.69, 9.17) is 4.99 Å². The summed E-state index contributed by atoms with van der Waals surface area (Å²) in [5, 5.41) is 6.32. The molecule has 0 saturated carbocycles. The van der Waals surface area contributed by atoms with E-state index in [0.717, 1.165) is 23.3 Å². The number of fused-ring (bicyclic) bond motifs is 5. The molecule has 58 heavy (non-hydrogen) atoms. The summed E-state index contributed by atoms with van der Waals surface area (Å²) in [6.45, 7) is 10.7. The van der Waals surface area contributed by atoms with E-state index in [-0.39, 0.29) is 6.04 Å². The first kappa shape index (κ1) is 37.4. The molecular weight excluding hydrogens is 739 g/mol. The van der Waals surface area contributed by atoms with Crippen LogP contribution in [0.3, 0.4) is 0 Å². The highest BCUT2D eigenvalue weighted by Crippen LogP contribution is 2.39. The first-order chi connectivity index (χ1) is 28.4. The summed E-state index contributed by atoms with van der Waals surface area (Å²) in [6, 6.07) is 55.8. The van der Waals surface area contributed by atoms with Gasteiger partial charge in [0.2, 0.25) is 0 Å². The lowest BCUT2D eigenvalue weighted by Gasteiger charge is -2.21. The topological polar surface area (TPSA) is 12.4 Å². The van der Waals surface area contributed by atoms with Crippen LogP contribution < -0.4 is 0 Å². The SMILES string of the molecule is C=C/C=C\c1c(C)sc2ccc(-c3cc(/C=C\C(=NC(c4ccccc4)C(C)CC)c4ccc5ccccc5c4)cc(-c4ccc5sc6ccccc6c5c4)c3)cc12. The van der Waals surface area contributed by atoms with Crippen molar-refractivity contribution < 1.29 is 0 Å². The van der Waals surface area contributed by atoms with Gasteiger partial charge in [0, 0.05) is 40.7 Å². The van der Waals surface area contributed by atoms with Gasteiger partial charge in [-0.05, 0) is 123 Å². The second-order valence-corrected chi connectivity index (χ2v) is 17.5. The van der Waals surface area contributed by atoms with Crippen molar-refractivity contribution in [2.24, 2.45) is 10.9 Å². The highest BCUT2D eigenvalue weighted by atomic mass is 32.1. The molecule has 0 fully saturated rings. The van der Waals surface area contributed by atoms with Crippen LogP contribution in [0.5, 0.6) is 0 Å². The maximum absolute atomic E-state index is 5.62. The van der Waals surface area contributed by atoms with E-state index in [0.29, 0.717) is 5.92 Å². The Morgan fingerprint density at radius 3 is 2.05 bits per heavy atom. The third kappa shape index (κ3) is 7.52. The molecule has 0 aliphatic rings. The number of allylic oxidation sites excluding steroid dienone is 3. The Bertz CT molecular complexity index is 3040. The molecule has 0 aliphatic heterocycles. The van der Waals surface area contributed by atoms with Gasteiger partial charge in [0.25, 0.3) is 0 Å². The van der Waals surface area contributed by atoms with Gasteiger partial charge in [-0.15, -0.1) is 22.7 Å². The normalized spacial score (nSPS) is 13.4. The first-order valence-electron chi connectivity index (χ1n) is 20.1. The lowest BCUT2D eigenvalue weighted by atomic mass is 9.92. The summed E-state index contributed by atoms with van der Waals surface area (Å²) >= 11 is 3.71. The minimum Gasteiger partial charge on any atom is -0.276 e. The second-order valence-electron chi connectivity index (χ2n) is 15.2. The Morgan fingerprint density at radius 2 is 1.29 bits per heavy atom. The molecule has 3 heteroatoms. The average Bonchev–Trinajstić information content (AvgIpc) is 3.80. The summed E-state index contributed by atoms with van der Waals surface area (Å²) in [7, 11) is 0. The number of hydrogen-bond donors (Lipinski definition) is 0. The fourth-order valence-corrected chi connectivity index (χ4v) is 10.2. The maximum Gasteiger partial charge on any atom is 0.0781 e. The third-order valence-electron chi connectivity index (χ3n) is 11.4. The van der Waals surface area contributed by atoms with Gasteiger partial charge in [-0.3, -0.25) is 4.99 Å². The van der Waals surface area contributed by atoms with Gasteiger partial charge in [-0.25, -0.2) is 0 Å². The van der Waals surface area contributed by atoms with E-state index in [9.17, 15) is 0 Å². The van der Waals surface area contributed by atoms with Crippen LogP contribution in [0.1, 0.15) is 53.4 Å². The van der Waals surface area contributed by atoms with E-state index in [2.05, 4.69) is 197 Å². The summed E-state index contributed by atoms with van der Waals surface area (Å²) < 4.78 is 3.92. The molecule has 2 aromatic heterocycles. The van der Waals surface area contributed by atoms with Crippen LogP contribution in [0, 0.1) is 12.8 Å². The number of nitrogens with zero attached hydrogens (tertiary/aromatic N) is 1. The van der Waals surface area contributed by atoms with Crippen LogP contribution in [0.4, 0.5) is 0 Å². The summed E-state index contributed by atoms with van der Waals surface area (Å²) in [6.07, 6.45) is 11.6. The van der Waals surface area contributed by atoms with Gasteiger partial charge in [0.05, 0.1) is 11.8 Å². The molecule has 7 aromatic carbocycles. The molecule has 282 valence electrons. The molecule has 0 amide bonds. The van der Waals surface area contributed by atoms with E-state index < -0.39 is 0 Å². The van der Waals surface area contributed by atoms with Crippen molar-refractivity contribution in [1.29, 1.82) is 0 Å². The number of rotatable bonds is 11. The first-order valence-corrected chi connectivity index (χ1v) is 21.8. The van der Waals surface area contributed by atoms with Gasteiger partial charge in [0.1, 0.15) is 0 Å². The van der Waals surface area contributed by atoms with Crippen LogP contribution in [-0.4, -0.2) is 5.71 Å². The van der Waals surface area contributed by atoms with Crippen molar-refractivity contribution in [3.63, 3.8) is 0 Å². The number of aryl methyl sites for hydroxylation is 1. The Morgan fingerprint density at radius 1 is 0.621 bits per heavy atom. The van der Waals surface area contributed by atoms with Gasteiger partial charge in [0.15, 0.2) is 0 Å². The molecule has 1 nitrogen and oxygen atoms in total. The van der Waals surface area contributed by atoms with Crippen LogP contribution in [-0.2, 0) is 0 Å². The van der Waals surface area contributed by atoms with E-state index in [1.807, 2.05) is 34.8 Å². The zero-order valence-corrected chi connectivity index (χ0v) is 34.8. The Kier molecular flexibility index (Phi) is 10.6. The maximum atomic E-state index is 5.62. The van der Waals surface area contributed by atoms with Crippen molar-refractivity contribution in [3.8, 4) is 22.3 Å². The highest BCUT2D eigenvalue weighted by molar-refractivity contribution is 7.25. The standard InChI is InChI=1S/C55H45NS2/c1-5-7-19-47-37(4)57-53-28-25-42(34-49(47)53)45-30-38(31-46(33-45)43-26-29-54-50(35-43)48-20-13-14-21-52(48)58-54)22-27-51(44-24-23-39-15-11-12-18-41(39)32-44)56-55(36(3)6-2)40-16-9-8-10-17-40/h5,7-36,55H,1,6H2,2-4H3/b19-7-,27-22-,56-51?. The number of hydrogen-bond acceptors (Lipinski definition) is 3. The Balaban J connectivity index is 1.22. The third-order valence-corrected chi connectivity index (χ3v) is 13.6. The zero-order valence-electron chi connectivity index (χ0n) is 33.2. The zero-order chi connectivity index (χ0) is 39.6. The van der Waals surface area contributed by atoms with E-state index in [1.54, 1.807) is 0 Å². The van der Waals surface area contributed by atoms with Crippen LogP contribution in [0.25, 0.3) is 75.4 Å². The molecule has 0 N–H and O–H groups in total. The average molecular weight is 784 g/mol. The molecule has 0 bridgehead atoms. The Labute approximate surface area is 349 Å². The summed E-state index contributed by atoms with van der Waals surface area (Å²) in [5.41, 5.74) is 10.5. The minimum atomic E-state index is 0.0245. The van der Waals surface area contributed by atoms with Crippen molar-refractivity contribution in [3.05, 3.63) is 204 Å². The van der Waals surface area contributed by atoms with Gasteiger partial charge < -0.3 is 0 Å². The van der Waals surface area contributed by atoms with Gasteiger partial charge >= 0.3 is 0 Å². The molecule has 2 atom stereocenters. The largest absolute Gasteiger partial charge is 0.276 e. The molecule has 0 spiro atoms. The molecule has 9 aromatic rings. The van der Waals surface area contributed by atoms with E-state index in [1.165, 1.54) is 79.3 Å². The number of benzene rings is 7. The molecule has 0 radical (unpaired) electrons. The van der Waals surface area contributed by atoms with Gasteiger partial charge in [-0.1, -0.05) is 148 Å². The predicted molar refractivity (Wildman–Crippen MR) is 258 cm³/mol. The molecular formula is C55H45NS2. The van der Waals surface area contributed by atoms with Crippen molar-refractivity contribution in [2.45, 2.75) is 33.2 Å². The summed E-state index contributed by atoms with van der Waals surface area (Å²) in [5.74, 6) is 0.367. The monoisotopic (exact) mass is 783 g/mol. The number of aliphatic imine (C=N–C) groups is 1. The van der Waals surface area contributed by atoms with Gasteiger partial charge in [-0.2, -0.15) is 0 Å². The van der Waals surface area contributed by atoms with Crippen LogP contribution in [0.15, 0.2) is 181 Å². The molecule has 0 saturated heterocycles. The second kappa shape index (κ2) is 16.4. The fourth-order valence-electron chi connectivity index (χ4n) is 8.07. The fraction of sp³-hybridized carbons (Fsp3) is 0.109. The quantitative estimate of drug-likeness (QED) is 0.0915. The molecule has 9 rings (SSSR count). The van der Waals surface area contributed by atoms with Crippen molar-refractivity contribution in [2.75, 3.05) is 0 Å². The molecule has 0 aliphatic carbocycles. The lowest BCUT2D eigenvalue weighted by Crippen LogP contribution is -2.10. The minimum absolute atomic E-state index is 0.0245. The number of thiophene rings is 2. The molecule has 2 heterocycles. The van der Waals surface area contributed by atoms with Crippen LogP contribution >= 0.6 is 22.7 Å². The Hall–Kier alpha value is -6.13. The van der Waals surface area contributed by atoms with E-state index >= 15 is 0 Å². The summed E-state index contributed by atoms with van der Waals surface area (Å²) in [4.78, 5) is 6.93. The van der Waals surface area contributed by atoms with Crippen molar-refractivity contribution in [1.82, 2.24) is 0 Å². The van der Waals surface area contributed by atoms with Crippen molar-refractivity contribution >= 4 is 81.6 Å². The van der Waals surface area contributed by atoms with Crippen LogP contribution in [0.2, 0.25) is 0 Å². The molecule has 2 unspecified atom stereocenters. The highest BCUT2D eigenvalue weighted by Gasteiger charge is 2.19. The smallest absolute Gasteiger partial charge is 0.0781 e. The predicted octanol–water partition coefficient (Wildman–Crippen LogP) is 16.6.